The van der Waals surface area contributed by atoms with Crippen molar-refractivity contribution in [3.8, 4) is 0 Å². The largest absolute Gasteiger partial charge is 1.00 e. The molecule has 3 heteroatoms. The quantitative estimate of drug-likeness (QED) is 0.214. The van der Waals surface area contributed by atoms with Gasteiger partial charge in [-0.15, -0.1) is 6.20 Å². The molecule has 1 rings (SSSR count). The summed E-state index contributed by atoms with van der Waals surface area (Å²) in [6.07, 6.45) is 4.31. The molecule has 23 valence electrons. The second-order valence-corrected chi connectivity index (χ2v) is 0.766. The van der Waals surface area contributed by atoms with Crippen molar-refractivity contribution in [2.75, 3.05) is 0 Å². The van der Waals surface area contributed by atoms with E-state index in [9.17, 15) is 0 Å². The van der Waals surface area contributed by atoms with Crippen LogP contribution >= 0.6 is 0 Å². The maximum Gasteiger partial charge on any atom is 1.00 e. The van der Waals surface area contributed by atoms with Crippen molar-refractivity contribution in [3.05, 3.63) is 12.2 Å². The van der Waals surface area contributed by atoms with Crippen molar-refractivity contribution >= 4 is 13.4 Å². The third kappa shape index (κ3) is 1.49. The Bertz CT molecular complexity index is 68.9. The molecule has 0 atom stereocenters. The van der Waals surface area contributed by atoms with Gasteiger partial charge in [0.1, 0.15) is 0 Å². The zero-order valence-electron chi connectivity index (χ0n) is 3.68. The van der Waals surface area contributed by atoms with Crippen LogP contribution in [0.15, 0.2) is 17.2 Å². The van der Waals surface area contributed by atoms with Crippen LogP contribution in [-0.2, 0) is 0 Å². The molecule has 0 amide bonds. The molecule has 0 aliphatic carbocycles. The summed E-state index contributed by atoms with van der Waals surface area (Å²) in [5.41, 5.74) is 0. The summed E-state index contributed by atoms with van der Waals surface area (Å²) in [4.78, 5) is 3.60. The number of hydrogen-bond donors (Lipinski definition) is 0. The van der Waals surface area contributed by atoms with Crippen molar-refractivity contribution in [1.82, 2.24) is 0 Å². The van der Waals surface area contributed by atoms with E-state index >= 15 is 0 Å². The van der Waals surface area contributed by atoms with Crippen molar-refractivity contribution in [1.29, 1.82) is 0 Å². The minimum Gasteiger partial charge on any atom is -0.471 e. The van der Waals surface area contributed by atoms with Gasteiger partial charge in [0.25, 0.3) is 0 Å². The first kappa shape index (κ1) is 6.07. The minimum atomic E-state index is 0. The zero-order chi connectivity index (χ0) is 3.54. The summed E-state index contributed by atoms with van der Waals surface area (Å²) < 4.78 is 0. The Morgan fingerprint density at radius 2 is 2.50 bits per heavy atom. The van der Waals surface area contributed by atoms with E-state index in [4.69, 9.17) is 0 Å². The van der Waals surface area contributed by atoms with Crippen LogP contribution in [0.5, 0.6) is 0 Å². The second kappa shape index (κ2) is 3.27. The Kier molecular flexibility index (Phi) is 3.31. The predicted octanol–water partition coefficient (Wildman–Crippen LogP) is -2.92. The third-order valence-corrected chi connectivity index (χ3v) is 0.406. The normalized spacial score (nSPS) is 13.3. The van der Waals surface area contributed by atoms with E-state index in [-0.39, 0.29) is 18.9 Å². The van der Waals surface area contributed by atoms with Crippen molar-refractivity contribution in [2.45, 2.75) is 0 Å². The molecule has 0 aromatic rings. The molecule has 0 bridgehead atoms. The van der Waals surface area contributed by atoms with Gasteiger partial charge in [-0.2, -0.15) is 0 Å². The Morgan fingerprint density at radius 1 is 1.67 bits per heavy atom. The van der Waals surface area contributed by atoms with Crippen LogP contribution in [0.1, 0.15) is 0 Å². The molecule has 0 unspecified atom stereocenters. The molecule has 6 heavy (non-hydrogen) atoms. The minimum absolute atomic E-state index is 0. The fraction of sp³-hybridized carbons (Fsp3) is 0. The number of nitrogens with zero attached hydrogens (tertiary/aromatic N) is 1. The van der Waals surface area contributed by atoms with Crippen LogP contribution in [0.25, 0.3) is 0 Å². The summed E-state index contributed by atoms with van der Waals surface area (Å²) in [6, 6.07) is 0. The summed E-state index contributed by atoms with van der Waals surface area (Å²) in [7, 11) is 1.76. The van der Waals surface area contributed by atoms with E-state index < -0.39 is 0 Å². The van der Waals surface area contributed by atoms with Gasteiger partial charge in [-0.05, 0) is 0 Å². The van der Waals surface area contributed by atoms with E-state index in [1.807, 2.05) is 5.98 Å². The van der Waals surface area contributed by atoms with Gasteiger partial charge < -0.3 is 4.99 Å². The molecule has 0 spiro atoms. The van der Waals surface area contributed by atoms with Crippen molar-refractivity contribution in [2.24, 2.45) is 4.99 Å². The summed E-state index contributed by atoms with van der Waals surface area (Å²) in [6.45, 7) is 0. The van der Waals surface area contributed by atoms with Crippen LogP contribution in [0.4, 0.5) is 0 Å². The van der Waals surface area contributed by atoms with E-state index in [1.54, 1.807) is 13.5 Å². The first-order valence-corrected chi connectivity index (χ1v) is 1.44. The molecule has 0 aromatic carbocycles. The molecule has 1 nitrogen and oxygen atoms in total. The average molecular weight is 69.8 g/mol. The van der Waals surface area contributed by atoms with Gasteiger partial charge in [-0.1, -0.05) is 0 Å². The van der Waals surface area contributed by atoms with Crippen LogP contribution in [0.2, 0.25) is 0 Å². The van der Waals surface area contributed by atoms with E-state index in [2.05, 4.69) is 11.1 Å². The Morgan fingerprint density at radius 3 is 2.67 bits per heavy atom. The molecule has 0 saturated heterocycles. The van der Waals surface area contributed by atoms with E-state index in [0.717, 1.165) is 0 Å². The number of aliphatic imine (C=N–C) groups is 1. The molecule has 1 aliphatic rings. The Labute approximate surface area is 50.0 Å². The van der Waals surface area contributed by atoms with Crippen molar-refractivity contribution in [3.63, 3.8) is 0 Å². The van der Waals surface area contributed by atoms with Gasteiger partial charge in [0.2, 0.25) is 0 Å². The molecule has 1 radical (unpaired) electrons. The molecule has 0 N–H and O–H groups in total. The maximum atomic E-state index is 3.60. The summed E-state index contributed by atoms with van der Waals surface area (Å²) in [5, 5.41) is 0. The first-order chi connectivity index (χ1) is 2.50. The van der Waals surface area contributed by atoms with Gasteiger partial charge >= 0.3 is 18.9 Å². The number of rotatable bonds is 0. The average Bonchev–Trinajstić information content (AvgIpc) is 1.76. The number of hydrogen-bond acceptors (Lipinski definition) is 1. The summed E-state index contributed by atoms with van der Waals surface area (Å²) >= 11 is 0. The van der Waals surface area contributed by atoms with E-state index in [0.29, 0.717) is 0 Å². The second-order valence-electron chi connectivity index (χ2n) is 0.766. The molecular formula is C3H2BLiN. The Hall–Kier alpha value is 0.0723. The third-order valence-electron chi connectivity index (χ3n) is 0.406. The van der Waals surface area contributed by atoms with Crippen LogP contribution in [0, 0.1) is 0 Å². The summed E-state index contributed by atoms with van der Waals surface area (Å²) in [5.74, 6) is 1.83. The van der Waals surface area contributed by atoms with Crippen LogP contribution in [0.3, 0.4) is 0 Å². The van der Waals surface area contributed by atoms with Crippen LogP contribution < -0.4 is 18.9 Å². The fourth-order valence-electron chi connectivity index (χ4n) is 0.215. The molecule has 1 heterocycles. The van der Waals surface area contributed by atoms with Gasteiger partial charge in [-0.25, -0.2) is 12.1 Å². The maximum absolute atomic E-state index is 3.60. The van der Waals surface area contributed by atoms with Gasteiger partial charge in [0.15, 0.2) is 0 Å². The molecule has 0 fully saturated rings. The van der Waals surface area contributed by atoms with Gasteiger partial charge in [0.05, 0.1) is 0 Å². The first-order valence-electron chi connectivity index (χ1n) is 1.44. The molecule has 0 aromatic heterocycles. The topological polar surface area (TPSA) is 12.4 Å². The molecular weight excluding hydrogens is 67.8 g/mol. The van der Waals surface area contributed by atoms with Crippen LogP contribution in [-0.4, -0.2) is 13.4 Å². The van der Waals surface area contributed by atoms with Crippen molar-refractivity contribution < 1.29 is 18.9 Å². The standard InChI is InChI=1S/C3H2BN.Li/c1-2-5-3-4-1;/h1-2H;/q-1;+1. The van der Waals surface area contributed by atoms with Gasteiger partial charge in [-0.3, -0.25) is 0 Å². The molecule has 1 aliphatic heterocycles. The van der Waals surface area contributed by atoms with Gasteiger partial charge in [0, 0.05) is 7.28 Å². The fourth-order valence-corrected chi connectivity index (χ4v) is 0.215. The van der Waals surface area contributed by atoms with E-state index in [1.165, 1.54) is 0 Å². The Balaban J connectivity index is 0.000000250. The predicted molar refractivity (Wildman–Crippen MR) is 22.3 cm³/mol. The monoisotopic (exact) mass is 70.0 g/mol. The zero-order valence-corrected chi connectivity index (χ0v) is 3.68. The molecule has 0 saturated carbocycles. The smallest absolute Gasteiger partial charge is 0.471 e. The SMILES string of the molecule is [B]1[C-]=NC=C1.[Li+].